The zero-order valence-corrected chi connectivity index (χ0v) is 24.5. The number of halogens is 3. The Bertz CT molecular complexity index is 1290. The van der Waals surface area contributed by atoms with E-state index in [-0.39, 0.29) is 33.9 Å². The summed E-state index contributed by atoms with van der Waals surface area (Å²) in [5, 5.41) is 0.802. The largest absolute Gasteiger partial charge is 1.00 e. The molecule has 2 unspecified atom stereocenters. The minimum atomic E-state index is -0.516. The van der Waals surface area contributed by atoms with Crippen molar-refractivity contribution in [1.82, 2.24) is 0 Å². The summed E-state index contributed by atoms with van der Waals surface area (Å²) in [6.07, 6.45) is 7.32. The molecule has 3 aromatic rings. The molecule has 2 atom stereocenters. The van der Waals surface area contributed by atoms with Gasteiger partial charge < -0.3 is 24.8 Å². The molecule has 0 bridgehead atoms. The molecule has 5 heteroatoms. The van der Waals surface area contributed by atoms with Gasteiger partial charge in [-0.15, -0.1) is 0 Å². The number of methoxy groups -OCH3 is 1. The average molecular weight is 560 g/mol. The van der Waals surface area contributed by atoms with Crippen LogP contribution in [0.5, 0.6) is 5.75 Å². The molecule has 0 spiro atoms. The van der Waals surface area contributed by atoms with Crippen LogP contribution in [0.1, 0.15) is 43.0 Å². The van der Waals surface area contributed by atoms with Crippen LogP contribution in [0.3, 0.4) is 0 Å². The molecule has 0 aromatic heterocycles. The number of fused-ring (bicyclic) bond motifs is 3. The Hall–Kier alpha value is -1.48. The van der Waals surface area contributed by atoms with Gasteiger partial charge in [0.2, 0.25) is 0 Å². The third kappa shape index (κ3) is 5.17. The van der Waals surface area contributed by atoms with Crippen LogP contribution in [0.2, 0.25) is 8.74 Å². The van der Waals surface area contributed by atoms with Crippen molar-refractivity contribution in [2.45, 2.75) is 35.6 Å². The van der Waals surface area contributed by atoms with E-state index in [4.69, 9.17) is 16.3 Å². The summed E-state index contributed by atoms with van der Waals surface area (Å²) in [5.41, 5.74) is 9.42. The molecule has 3 aromatic carbocycles. The van der Waals surface area contributed by atoms with Crippen LogP contribution in [0, 0.1) is 5.41 Å². The van der Waals surface area contributed by atoms with Crippen LogP contribution in [-0.4, -0.2) is 7.11 Å². The van der Waals surface area contributed by atoms with E-state index in [2.05, 4.69) is 101 Å². The Morgan fingerprint density at radius 3 is 2.26 bits per heavy atom. The summed E-state index contributed by atoms with van der Waals surface area (Å²) < 4.78 is 6.35. The van der Waals surface area contributed by atoms with E-state index in [1.807, 2.05) is 6.07 Å². The van der Waals surface area contributed by atoms with Gasteiger partial charge in [0.25, 0.3) is 0 Å². The van der Waals surface area contributed by atoms with Gasteiger partial charge in [-0.3, -0.25) is 0 Å². The van der Waals surface area contributed by atoms with Crippen molar-refractivity contribution in [2.24, 2.45) is 5.41 Å². The molecule has 180 valence electrons. The molecule has 0 saturated heterocycles. The van der Waals surface area contributed by atoms with Gasteiger partial charge in [-0.1, -0.05) is 0 Å². The predicted octanol–water partition coefficient (Wildman–Crippen LogP) is 2.90. The van der Waals surface area contributed by atoms with E-state index in [0.29, 0.717) is 4.22 Å². The molecule has 0 N–H and O–H groups in total. The number of rotatable bonds is 4. The average Bonchev–Trinajstić information content (AvgIpc) is 3.33. The van der Waals surface area contributed by atoms with Gasteiger partial charge in [0, 0.05) is 0 Å². The van der Waals surface area contributed by atoms with Gasteiger partial charge in [-0.05, 0) is 0 Å². The van der Waals surface area contributed by atoms with Crippen molar-refractivity contribution in [3.05, 3.63) is 101 Å². The Morgan fingerprint density at radius 2 is 1.63 bits per heavy atom. The molecule has 0 saturated carbocycles. The van der Waals surface area contributed by atoms with Gasteiger partial charge in [-0.2, -0.15) is 0 Å². The third-order valence-electron chi connectivity index (χ3n) is 6.78. The number of hydrogen-bond acceptors (Lipinski definition) is 1. The molecule has 0 radical (unpaired) electrons. The fourth-order valence-corrected chi connectivity index (χ4v) is 8.19. The maximum Gasteiger partial charge on any atom is -1.00 e. The zero-order chi connectivity index (χ0) is 23.4. The normalized spacial score (nSPS) is 19.6. The molecular formula is C30H29Cl3OTi. The van der Waals surface area contributed by atoms with Gasteiger partial charge in [0.1, 0.15) is 0 Å². The number of ether oxygens (including phenoxy) is 1. The van der Waals surface area contributed by atoms with Crippen LogP contribution >= 0.6 is 11.6 Å². The van der Waals surface area contributed by atoms with Crippen molar-refractivity contribution in [1.29, 1.82) is 0 Å². The van der Waals surface area contributed by atoms with Crippen LogP contribution in [0.15, 0.2) is 84.5 Å². The molecule has 5 rings (SSSR count). The molecule has 0 aliphatic heterocycles. The monoisotopic (exact) mass is 558 g/mol. The molecular weight excluding hydrogens is 531 g/mol. The summed E-state index contributed by atoms with van der Waals surface area (Å²) in [7, 11) is 1.77. The first-order valence-electron chi connectivity index (χ1n) is 11.5. The van der Waals surface area contributed by atoms with E-state index in [1.165, 1.54) is 39.0 Å². The molecule has 0 fully saturated rings. The van der Waals surface area contributed by atoms with Gasteiger partial charge in [-0.25, -0.2) is 0 Å². The molecule has 2 aliphatic rings. The van der Waals surface area contributed by atoms with E-state index in [1.54, 1.807) is 7.11 Å². The molecule has 2 aliphatic carbocycles. The Labute approximate surface area is 235 Å². The topological polar surface area (TPSA) is 9.23 Å². The molecule has 0 amide bonds. The Kier molecular flexibility index (Phi) is 8.42. The summed E-state index contributed by atoms with van der Waals surface area (Å²) in [6.45, 7) is 9.31. The fraction of sp³-hybridized carbons (Fsp3) is 0.267. The van der Waals surface area contributed by atoms with Gasteiger partial charge in [0.15, 0.2) is 0 Å². The Balaban J connectivity index is 0.00000171. The molecule has 1 nitrogen and oxygen atoms in total. The Morgan fingerprint density at radius 1 is 0.943 bits per heavy atom. The molecule has 35 heavy (non-hydrogen) atoms. The van der Waals surface area contributed by atoms with Crippen LogP contribution in [0.25, 0.3) is 22.3 Å². The van der Waals surface area contributed by atoms with E-state index < -0.39 is 19.2 Å². The maximum atomic E-state index is 6.55. The first kappa shape index (κ1) is 28.1. The number of allylic oxidation sites excluding steroid dienone is 4. The smallest absolute Gasteiger partial charge is 1.00 e. The van der Waals surface area contributed by atoms with Gasteiger partial charge >= 0.3 is 212 Å². The summed E-state index contributed by atoms with van der Waals surface area (Å²) in [4.78, 5) is 0. The van der Waals surface area contributed by atoms with Crippen molar-refractivity contribution in [3.63, 3.8) is 0 Å². The minimum Gasteiger partial charge on any atom is -1.00 e. The second kappa shape index (κ2) is 10.5. The second-order valence-corrected chi connectivity index (χ2v) is 13.7. The maximum absolute atomic E-state index is 6.55. The molecule has 0 heterocycles. The van der Waals surface area contributed by atoms with Crippen LogP contribution < -0.4 is 29.6 Å². The van der Waals surface area contributed by atoms with E-state index >= 15 is 0 Å². The SMILES string of the molecule is COc1ccc(-c2ccccc2)c2c1-c1ccc(Cl)cc1[CH]2[Ti+2][C]1(C)C=CC(C(C)(C)C)=C1.[Cl-].[Cl-]. The van der Waals surface area contributed by atoms with Crippen LogP contribution in [0.4, 0.5) is 0 Å². The fourth-order valence-electron chi connectivity index (χ4n) is 5.07. The van der Waals surface area contributed by atoms with Crippen molar-refractivity contribution in [2.75, 3.05) is 7.11 Å². The quantitative estimate of drug-likeness (QED) is 0.447. The van der Waals surface area contributed by atoms with Crippen molar-refractivity contribution in [3.8, 4) is 28.0 Å². The van der Waals surface area contributed by atoms with Crippen molar-refractivity contribution >= 4 is 11.6 Å². The third-order valence-corrected chi connectivity index (χ3v) is 9.86. The van der Waals surface area contributed by atoms with Gasteiger partial charge in [0.05, 0.1) is 0 Å². The first-order chi connectivity index (χ1) is 15.7. The minimum absolute atomic E-state index is 0. The summed E-state index contributed by atoms with van der Waals surface area (Å²) in [5.74, 6) is 0.945. The standard InChI is InChI=1S/C20H14ClO.C10H15.2ClH.Ti/c1-22-19-10-9-16(13-5-3-2-4-6-13)18-12-14-11-15(21)7-8-17(14)20(18)19;1-8-5-6-9(7-8)10(2,3)4;;;/h2-12H,1H3;5-7H,1-4H3;2*1H;/q;;;;+2/p-2. The van der Waals surface area contributed by atoms with E-state index in [0.717, 1.165) is 10.8 Å². The summed E-state index contributed by atoms with van der Waals surface area (Å²) in [6, 6.07) is 21.5. The van der Waals surface area contributed by atoms with Crippen LogP contribution in [-0.2, 0) is 19.2 Å². The van der Waals surface area contributed by atoms with Crippen molar-refractivity contribution < 1.29 is 48.7 Å². The number of benzene rings is 3. The second-order valence-electron chi connectivity index (χ2n) is 10.2. The number of hydrogen-bond donors (Lipinski definition) is 0. The predicted molar refractivity (Wildman–Crippen MR) is 136 cm³/mol. The van der Waals surface area contributed by atoms with E-state index in [9.17, 15) is 0 Å². The zero-order valence-electron chi connectivity index (χ0n) is 20.6. The first-order valence-corrected chi connectivity index (χ1v) is 13.5. The summed E-state index contributed by atoms with van der Waals surface area (Å²) >= 11 is 6.04.